The number of ether oxygens (including phenoxy) is 1. The van der Waals surface area contributed by atoms with Crippen LogP contribution in [0.25, 0.3) is 0 Å². The lowest BCUT2D eigenvalue weighted by atomic mass is 10.0. The Balaban J connectivity index is 2.36. The molecule has 74 valence electrons. The Morgan fingerprint density at radius 1 is 1.57 bits per heavy atom. The zero-order chi connectivity index (χ0) is 10.3. The molecule has 5 heteroatoms. The quantitative estimate of drug-likeness (QED) is 0.476. The zero-order valence-corrected chi connectivity index (χ0v) is 7.98. The van der Waals surface area contributed by atoms with Gasteiger partial charge in [-0.05, 0) is 12.5 Å². The van der Waals surface area contributed by atoms with E-state index in [4.69, 9.17) is 0 Å². The number of hydrogen-bond donors (Lipinski definition) is 0. The number of hydrogen-bond acceptors (Lipinski definition) is 4. The van der Waals surface area contributed by atoms with Crippen molar-refractivity contribution < 1.29 is 14.3 Å². The Hall–Kier alpha value is -1.65. The Kier molecular flexibility index (Phi) is 1.87. The summed E-state index contributed by atoms with van der Waals surface area (Å²) in [6.45, 7) is 1.86. The van der Waals surface area contributed by atoms with Gasteiger partial charge in [-0.15, -0.1) is 0 Å². The normalized spacial score (nSPS) is 21.4. The van der Waals surface area contributed by atoms with Crippen molar-refractivity contribution in [3.05, 3.63) is 17.5 Å². The van der Waals surface area contributed by atoms with Crippen LogP contribution >= 0.6 is 0 Å². The van der Waals surface area contributed by atoms with Crippen LogP contribution in [0.5, 0.6) is 0 Å². The zero-order valence-electron chi connectivity index (χ0n) is 7.98. The van der Waals surface area contributed by atoms with Crippen LogP contribution < -0.4 is 0 Å². The van der Waals surface area contributed by atoms with E-state index in [2.05, 4.69) is 9.84 Å². The summed E-state index contributed by atoms with van der Waals surface area (Å²) in [7, 11) is 1.78. The maximum Gasteiger partial charge on any atom is 0.323 e. The van der Waals surface area contributed by atoms with Crippen molar-refractivity contribution in [1.82, 2.24) is 9.78 Å². The maximum absolute atomic E-state index is 11.3. The van der Waals surface area contributed by atoms with Crippen LogP contribution in [0.15, 0.2) is 6.20 Å². The molecular formula is C9H10N2O3. The molecule has 1 saturated heterocycles. The van der Waals surface area contributed by atoms with Gasteiger partial charge in [-0.2, -0.15) is 5.10 Å². The molecule has 0 amide bonds. The largest absolute Gasteiger partial charge is 0.393 e. The van der Waals surface area contributed by atoms with E-state index >= 15 is 0 Å². The van der Waals surface area contributed by atoms with E-state index < -0.39 is 17.9 Å². The Bertz CT molecular complexity index is 408. The molecule has 1 aliphatic rings. The molecule has 5 nitrogen and oxygen atoms in total. The van der Waals surface area contributed by atoms with Crippen LogP contribution in [-0.2, 0) is 21.4 Å². The number of aromatic nitrogens is 2. The minimum Gasteiger partial charge on any atom is -0.393 e. The predicted molar refractivity (Wildman–Crippen MR) is 46.4 cm³/mol. The molecule has 1 atom stereocenters. The third-order valence-corrected chi connectivity index (χ3v) is 2.25. The van der Waals surface area contributed by atoms with Crippen LogP contribution in [-0.4, -0.2) is 21.7 Å². The third kappa shape index (κ3) is 1.30. The lowest BCUT2D eigenvalue weighted by Gasteiger charge is -2.00. The van der Waals surface area contributed by atoms with E-state index in [1.807, 2.05) is 13.1 Å². The van der Waals surface area contributed by atoms with E-state index in [1.165, 1.54) is 0 Å². The average molecular weight is 194 g/mol. The topological polar surface area (TPSA) is 61.2 Å². The van der Waals surface area contributed by atoms with E-state index in [-0.39, 0.29) is 6.42 Å². The van der Waals surface area contributed by atoms with Crippen LogP contribution in [0.2, 0.25) is 0 Å². The smallest absolute Gasteiger partial charge is 0.323 e. The van der Waals surface area contributed by atoms with Crippen molar-refractivity contribution >= 4 is 11.9 Å². The van der Waals surface area contributed by atoms with Gasteiger partial charge in [-0.3, -0.25) is 14.3 Å². The van der Waals surface area contributed by atoms with Gasteiger partial charge in [-0.25, -0.2) is 0 Å². The van der Waals surface area contributed by atoms with Crippen LogP contribution in [0, 0.1) is 6.92 Å². The number of nitrogens with zero attached hydrogens (tertiary/aromatic N) is 2. The SMILES string of the molecule is Cc1cn(C)nc1C1CC(=O)OC1=O. The Morgan fingerprint density at radius 3 is 2.71 bits per heavy atom. The minimum absolute atomic E-state index is 0.108. The molecule has 2 rings (SSSR count). The monoisotopic (exact) mass is 194 g/mol. The standard InChI is InChI=1S/C9H10N2O3/c1-5-4-11(2)10-8(5)6-3-7(12)14-9(6)13/h4,6H,3H2,1-2H3. The van der Waals surface area contributed by atoms with Gasteiger partial charge in [0.05, 0.1) is 12.1 Å². The van der Waals surface area contributed by atoms with Gasteiger partial charge in [0.1, 0.15) is 5.92 Å². The number of rotatable bonds is 1. The molecule has 0 saturated carbocycles. The van der Waals surface area contributed by atoms with Gasteiger partial charge < -0.3 is 4.74 Å². The van der Waals surface area contributed by atoms with E-state index in [9.17, 15) is 9.59 Å². The summed E-state index contributed by atoms with van der Waals surface area (Å²) in [5, 5.41) is 4.14. The second-order valence-corrected chi connectivity index (χ2v) is 3.42. The fourth-order valence-electron chi connectivity index (χ4n) is 1.65. The summed E-state index contributed by atoms with van der Waals surface area (Å²) >= 11 is 0. The van der Waals surface area contributed by atoms with Gasteiger partial charge in [0, 0.05) is 13.2 Å². The molecule has 0 aliphatic carbocycles. The van der Waals surface area contributed by atoms with Crippen molar-refractivity contribution in [2.75, 3.05) is 0 Å². The van der Waals surface area contributed by atoms with E-state index in [0.29, 0.717) is 5.69 Å². The number of esters is 2. The third-order valence-electron chi connectivity index (χ3n) is 2.25. The number of carbonyl (C=O) groups is 2. The molecule has 0 spiro atoms. The molecule has 1 aromatic rings. The minimum atomic E-state index is -0.510. The number of cyclic esters (lactones) is 2. The first kappa shape index (κ1) is 8.93. The summed E-state index contributed by atoms with van der Waals surface area (Å²) in [5.41, 5.74) is 1.55. The summed E-state index contributed by atoms with van der Waals surface area (Å²) in [6.07, 6.45) is 1.92. The Labute approximate surface area is 80.7 Å². The fourth-order valence-corrected chi connectivity index (χ4v) is 1.65. The molecule has 1 aliphatic heterocycles. The lowest BCUT2D eigenvalue weighted by Crippen LogP contribution is -2.07. The molecule has 2 heterocycles. The van der Waals surface area contributed by atoms with Gasteiger partial charge in [-0.1, -0.05) is 0 Å². The van der Waals surface area contributed by atoms with Gasteiger partial charge in [0.25, 0.3) is 0 Å². The summed E-state index contributed by atoms with van der Waals surface area (Å²) in [4.78, 5) is 22.1. The van der Waals surface area contributed by atoms with Crippen molar-refractivity contribution in [2.24, 2.45) is 7.05 Å². The lowest BCUT2D eigenvalue weighted by molar-refractivity contribution is -0.152. The molecule has 0 aromatic carbocycles. The number of carbonyl (C=O) groups excluding carboxylic acids is 2. The fraction of sp³-hybridized carbons (Fsp3) is 0.444. The molecule has 0 bridgehead atoms. The van der Waals surface area contributed by atoms with Crippen molar-refractivity contribution in [2.45, 2.75) is 19.3 Å². The summed E-state index contributed by atoms with van der Waals surface area (Å²) < 4.78 is 6.09. The predicted octanol–water partition coefficient (Wildman–Crippen LogP) is 0.286. The van der Waals surface area contributed by atoms with Gasteiger partial charge in [0.15, 0.2) is 0 Å². The highest BCUT2D eigenvalue weighted by Crippen LogP contribution is 2.28. The van der Waals surface area contributed by atoms with Crippen LogP contribution in [0.1, 0.15) is 23.6 Å². The first-order valence-electron chi connectivity index (χ1n) is 4.32. The molecule has 0 radical (unpaired) electrons. The second-order valence-electron chi connectivity index (χ2n) is 3.42. The molecule has 14 heavy (non-hydrogen) atoms. The summed E-state index contributed by atoms with van der Waals surface area (Å²) in [6, 6.07) is 0. The van der Waals surface area contributed by atoms with E-state index in [1.54, 1.807) is 11.7 Å². The summed E-state index contributed by atoms with van der Waals surface area (Å²) in [5.74, 6) is -1.47. The average Bonchev–Trinajstić information content (AvgIpc) is 2.55. The highest BCUT2D eigenvalue weighted by molar-refractivity contribution is 5.97. The van der Waals surface area contributed by atoms with Crippen molar-refractivity contribution in [1.29, 1.82) is 0 Å². The first-order valence-corrected chi connectivity index (χ1v) is 4.32. The highest BCUT2D eigenvalue weighted by atomic mass is 16.6. The van der Waals surface area contributed by atoms with Crippen LogP contribution in [0.4, 0.5) is 0 Å². The van der Waals surface area contributed by atoms with Crippen LogP contribution in [0.3, 0.4) is 0 Å². The van der Waals surface area contributed by atoms with Crippen molar-refractivity contribution in [3.63, 3.8) is 0 Å². The Morgan fingerprint density at radius 2 is 2.29 bits per heavy atom. The number of aryl methyl sites for hydroxylation is 2. The highest BCUT2D eigenvalue weighted by Gasteiger charge is 2.37. The van der Waals surface area contributed by atoms with E-state index in [0.717, 1.165) is 5.56 Å². The van der Waals surface area contributed by atoms with Crippen molar-refractivity contribution in [3.8, 4) is 0 Å². The first-order chi connectivity index (χ1) is 6.58. The maximum atomic E-state index is 11.3. The molecule has 0 N–H and O–H groups in total. The molecular weight excluding hydrogens is 184 g/mol. The van der Waals surface area contributed by atoms with Gasteiger partial charge in [0.2, 0.25) is 0 Å². The molecule has 1 fully saturated rings. The van der Waals surface area contributed by atoms with Gasteiger partial charge >= 0.3 is 11.9 Å². The molecule has 1 unspecified atom stereocenters. The molecule has 1 aromatic heterocycles. The second kappa shape index (κ2) is 2.94.